The van der Waals surface area contributed by atoms with E-state index in [9.17, 15) is 14.9 Å². The van der Waals surface area contributed by atoms with E-state index in [1.165, 1.54) is 22.3 Å². The van der Waals surface area contributed by atoms with Crippen LogP contribution in [0.4, 0.5) is 5.00 Å². The largest absolute Gasteiger partial charge is 0.452 e. The van der Waals surface area contributed by atoms with Gasteiger partial charge in [-0.3, -0.25) is 4.79 Å². The predicted molar refractivity (Wildman–Crippen MR) is 105 cm³/mol. The number of anilines is 1. The summed E-state index contributed by atoms with van der Waals surface area (Å²) in [5, 5.41) is 12.7. The zero-order valence-electron chi connectivity index (χ0n) is 15.1. The normalized spacial score (nSPS) is 13.0. The van der Waals surface area contributed by atoms with E-state index in [1.54, 1.807) is 6.08 Å². The highest BCUT2D eigenvalue weighted by molar-refractivity contribution is 7.16. The summed E-state index contributed by atoms with van der Waals surface area (Å²) in [5.41, 5.74) is 3.57. The highest BCUT2D eigenvalue weighted by Crippen LogP contribution is 2.37. The summed E-state index contributed by atoms with van der Waals surface area (Å²) in [6.45, 7) is 1.57. The Morgan fingerprint density at radius 1 is 1.30 bits per heavy atom. The quantitative estimate of drug-likeness (QED) is 0.628. The van der Waals surface area contributed by atoms with Gasteiger partial charge in [0.2, 0.25) is 0 Å². The van der Waals surface area contributed by atoms with Crippen molar-refractivity contribution in [3.63, 3.8) is 0 Å². The van der Waals surface area contributed by atoms with E-state index in [0.717, 1.165) is 42.4 Å². The molecule has 1 aliphatic rings. The Hall–Kier alpha value is -2.91. The van der Waals surface area contributed by atoms with Crippen LogP contribution in [0.15, 0.2) is 30.3 Å². The van der Waals surface area contributed by atoms with Crippen molar-refractivity contribution in [2.75, 3.05) is 11.9 Å². The Bertz CT molecular complexity index is 937. The molecule has 1 N–H and O–H groups in total. The van der Waals surface area contributed by atoms with Gasteiger partial charge in [0.05, 0.1) is 5.56 Å². The number of rotatable bonds is 5. The zero-order valence-corrected chi connectivity index (χ0v) is 15.9. The number of esters is 1. The number of nitrogens with one attached hydrogen (secondary N) is 1. The number of carbonyl (C=O) groups is 2. The third-order valence-electron chi connectivity index (χ3n) is 4.47. The minimum Gasteiger partial charge on any atom is -0.452 e. The van der Waals surface area contributed by atoms with E-state index in [-0.39, 0.29) is 6.61 Å². The smallest absolute Gasteiger partial charge is 0.331 e. The monoisotopic (exact) mass is 380 g/mol. The molecule has 0 aliphatic heterocycles. The average Bonchev–Trinajstić information content (AvgIpc) is 3.02. The Labute approximate surface area is 162 Å². The van der Waals surface area contributed by atoms with Crippen LogP contribution < -0.4 is 5.32 Å². The van der Waals surface area contributed by atoms with Crippen molar-refractivity contribution in [3.8, 4) is 6.07 Å². The van der Waals surface area contributed by atoms with Gasteiger partial charge in [-0.05, 0) is 55.4 Å². The molecule has 1 heterocycles. The number of carbonyl (C=O) groups excluding carboxylic acids is 2. The molecule has 0 radical (unpaired) electrons. The summed E-state index contributed by atoms with van der Waals surface area (Å²) in [6, 6.07) is 9.85. The van der Waals surface area contributed by atoms with E-state index < -0.39 is 11.9 Å². The van der Waals surface area contributed by atoms with Gasteiger partial charge in [0.15, 0.2) is 6.61 Å². The van der Waals surface area contributed by atoms with Gasteiger partial charge >= 0.3 is 5.97 Å². The minimum atomic E-state index is -0.584. The summed E-state index contributed by atoms with van der Waals surface area (Å²) in [7, 11) is 0. The van der Waals surface area contributed by atoms with E-state index >= 15 is 0 Å². The van der Waals surface area contributed by atoms with Crippen LogP contribution in [0.5, 0.6) is 0 Å². The van der Waals surface area contributed by atoms with Gasteiger partial charge in [-0.25, -0.2) is 4.79 Å². The molecule has 1 aliphatic carbocycles. The van der Waals surface area contributed by atoms with Gasteiger partial charge in [0, 0.05) is 11.0 Å². The first-order valence-electron chi connectivity index (χ1n) is 8.83. The van der Waals surface area contributed by atoms with Gasteiger partial charge in [-0.1, -0.05) is 24.3 Å². The van der Waals surface area contributed by atoms with E-state index in [4.69, 9.17) is 4.74 Å². The number of hydrogen-bond donors (Lipinski definition) is 1. The molecule has 5 nitrogen and oxygen atoms in total. The fourth-order valence-corrected chi connectivity index (χ4v) is 4.31. The van der Waals surface area contributed by atoms with Gasteiger partial charge in [-0.15, -0.1) is 11.3 Å². The fraction of sp³-hybridized carbons (Fsp3) is 0.286. The lowest BCUT2D eigenvalue weighted by atomic mass is 9.96. The van der Waals surface area contributed by atoms with Crippen LogP contribution in [0.25, 0.3) is 6.08 Å². The average molecular weight is 380 g/mol. The number of thiophene rings is 1. The Morgan fingerprint density at radius 3 is 2.85 bits per heavy atom. The number of nitriles is 1. The minimum absolute atomic E-state index is 0.385. The molecular weight excluding hydrogens is 360 g/mol. The van der Waals surface area contributed by atoms with Gasteiger partial charge < -0.3 is 10.1 Å². The maximum Gasteiger partial charge on any atom is 0.331 e. The van der Waals surface area contributed by atoms with Crippen molar-refractivity contribution in [1.29, 1.82) is 5.26 Å². The van der Waals surface area contributed by atoms with Gasteiger partial charge in [0.1, 0.15) is 11.1 Å². The maximum absolute atomic E-state index is 12.1. The van der Waals surface area contributed by atoms with Gasteiger partial charge in [-0.2, -0.15) is 5.26 Å². The first-order chi connectivity index (χ1) is 13.1. The van der Waals surface area contributed by atoms with Crippen molar-refractivity contribution in [2.24, 2.45) is 0 Å². The van der Waals surface area contributed by atoms with Crippen LogP contribution in [-0.4, -0.2) is 18.5 Å². The molecule has 138 valence electrons. The molecule has 0 saturated carbocycles. The van der Waals surface area contributed by atoms with Crippen LogP contribution in [0.3, 0.4) is 0 Å². The third-order valence-corrected chi connectivity index (χ3v) is 5.68. The molecule has 3 rings (SSSR count). The Morgan fingerprint density at radius 2 is 2.07 bits per heavy atom. The van der Waals surface area contributed by atoms with Crippen LogP contribution in [0.2, 0.25) is 0 Å². The standard InChI is InChI=1S/C21H20N2O3S/c1-14-6-2-3-7-15(14)10-11-20(25)26-13-19(24)23-21-17(12-22)16-8-4-5-9-18(16)27-21/h2-3,6-7,10-11H,4-5,8-9,13H2,1H3,(H,23,24)/b11-10+. The molecule has 0 unspecified atom stereocenters. The zero-order chi connectivity index (χ0) is 19.2. The molecule has 1 amide bonds. The summed E-state index contributed by atoms with van der Waals surface area (Å²) in [4.78, 5) is 25.1. The van der Waals surface area contributed by atoms with Crippen molar-refractivity contribution >= 4 is 34.3 Å². The predicted octanol–water partition coefficient (Wildman–Crippen LogP) is 4.00. The molecule has 0 fully saturated rings. The molecular formula is C21H20N2O3S. The topological polar surface area (TPSA) is 79.2 Å². The molecule has 6 heteroatoms. The lowest BCUT2D eigenvalue weighted by molar-refractivity contribution is -0.142. The summed E-state index contributed by atoms with van der Waals surface area (Å²) >= 11 is 1.45. The van der Waals surface area contributed by atoms with Crippen molar-refractivity contribution in [2.45, 2.75) is 32.6 Å². The molecule has 1 aromatic carbocycles. The lowest BCUT2D eigenvalue weighted by Gasteiger charge is -2.09. The maximum atomic E-state index is 12.1. The second-order valence-electron chi connectivity index (χ2n) is 6.37. The molecule has 0 spiro atoms. The second kappa shape index (κ2) is 8.65. The van der Waals surface area contributed by atoms with E-state index in [2.05, 4.69) is 11.4 Å². The van der Waals surface area contributed by atoms with Gasteiger partial charge in [0.25, 0.3) is 5.91 Å². The molecule has 0 saturated heterocycles. The summed E-state index contributed by atoms with van der Waals surface area (Å²) in [6.07, 6.45) is 6.97. The van der Waals surface area contributed by atoms with Crippen molar-refractivity contribution in [3.05, 3.63) is 57.5 Å². The number of benzene rings is 1. The summed E-state index contributed by atoms with van der Waals surface area (Å²) < 4.78 is 5.00. The molecule has 27 heavy (non-hydrogen) atoms. The molecule has 2 aromatic rings. The molecule has 0 bridgehead atoms. The van der Waals surface area contributed by atoms with Crippen LogP contribution in [0, 0.1) is 18.3 Å². The Kier molecular flexibility index (Phi) is 6.05. The van der Waals surface area contributed by atoms with Crippen molar-refractivity contribution in [1.82, 2.24) is 0 Å². The number of aryl methyl sites for hydroxylation is 2. The van der Waals surface area contributed by atoms with Crippen LogP contribution in [-0.2, 0) is 27.2 Å². The summed E-state index contributed by atoms with van der Waals surface area (Å²) in [5.74, 6) is -1.03. The van der Waals surface area contributed by atoms with Crippen LogP contribution in [0.1, 0.15) is 40.0 Å². The highest BCUT2D eigenvalue weighted by atomic mass is 32.1. The molecule has 0 atom stereocenters. The van der Waals surface area contributed by atoms with Crippen molar-refractivity contribution < 1.29 is 14.3 Å². The molecule has 1 aromatic heterocycles. The Balaban J connectivity index is 1.56. The number of amides is 1. The number of nitrogens with zero attached hydrogens (tertiary/aromatic N) is 1. The lowest BCUT2D eigenvalue weighted by Crippen LogP contribution is -2.20. The SMILES string of the molecule is Cc1ccccc1/C=C/C(=O)OCC(=O)Nc1sc2c(c1C#N)CCCC2. The number of hydrogen-bond acceptors (Lipinski definition) is 5. The first kappa shape index (κ1) is 18.9. The third kappa shape index (κ3) is 4.63. The van der Waals surface area contributed by atoms with E-state index in [1.807, 2.05) is 31.2 Å². The first-order valence-corrected chi connectivity index (χ1v) is 9.65. The van der Waals surface area contributed by atoms with E-state index in [0.29, 0.717) is 10.6 Å². The second-order valence-corrected chi connectivity index (χ2v) is 7.48. The highest BCUT2D eigenvalue weighted by Gasteiger charge is 2.21. The number of ether oxygens (including phenoxy) is 1. The number of fused-ring (bicyclic) bond motifs is 1. The van der Waals surface area contributed by atoms with Crippen LogP contribution >= 0.6 is 11.3 Å². The fourth-order valence-electron chi connectivity index (χ4n) is 3.05.